The third kappa shape index (κ3) is 2.84. The van der Waals surface area contributed by atoms with Crippen molar-refractivity contribution in [3.63, 3.8) is 0 Å². The number of benzene rings is 1. The molecule has 2 aromatic rings. The molecule has 0 radical (unpaired) electrons. The molecule has 6 heteroatoms. The third-order valence-electron chi connectivity index (χ3n) is 4.53. The molecule has 0 unspecified atom stereocenters. The lowest BCUT2D eigenvalue weighted by molar-refractivity contribution is 0.0724. The Morgan fingerprint density at radius 2 is 1.96 bits per heavy atom. The average Bonchev–Trinajstić information content (AvgIpc) is 3.19. The Bertz CT molecular complexity index is 754. The minimum Gasteiger partial charge on any atom is -0.493 e. The Morgan fingerprint density at radius 3 is 2.58 bits per heavy atom. The van der Waals surface area contributed by atoms with Crippen LogP contribution in [0.5, 0.6) is 11.5 Å². The summed E-state index contributed by atoms with van der Waals surface area (Å²) in [5.74, 6) is 1.40. The van der Waals surface area contributed by atoms with Gasteiger partial charge >= 0.3 is 0 Å². The fourth-order valence-electron chi connectivity index (χ4n) is 3.37. The largest absolute Gasteiger partial charge is 0.493 e. The van der Waals surface area contributed by atoms with Gasteiger partial charge in [0.1, 0.15) is 5.69 Å². The second kappa shape index (κ2) is 6.55. The van der Waals surface area contributed by atoms with Crippen molar-refractivity contribution < 1.29 is 14.3 Å². The number of aromatic nitrogens is 2. The van der Waals surface area contributed by atoms with Crippen LogP contribution < -0.4 is 9.47 Å². The molecular formula is C18H23N3O3. The molecule has 0 bridgehead atoms. The van der Waals surface area contributed by atoms with E-state index in [1.165, 1.54) is 0 Å². The molecule has 6 nitrogen and oxygen atoms in total. The molecule has 0 aliphatic carbocycles. The lowest BCUT2D eigenvalue weighted by Gasteiger charge is -2.25. The number of hydrogen-bond acceptors (Lipinski definition) is 4. The van der Waals surface area contributed by atoms with E-state index in [1.807, 2.05) is 43.1 Å². The maximum absolute atomic E-state index is 13.0. The molecule has 1 atom stereocenters. The number of aryl methyl sites for hydroxylation is 2. The quantitative estimate of drug-likeness (QED) is 0.865. The standard InChI is InChI=1S/C18H23N3O3/c1-12-10-15(20(2)19-12)18(22)21-9-5-6-14(21)13-7-8-16(23-3)17(11-13)24-4/h7-8,10-11,14H,5-6,9H2,1-4H3/t14-/m0/s1. The Hall–Kier alpha value is -2.50. The Labute approximate surface area is 142 Å². The smallest absolute Gasteiger partial charge is 0.272 e. The summed E-state index contributed by atoms with van der Waals surface area (Å²) >= 11 is 0. The summed E-state index contributed by atoms with van der Waals surface area (Å²) in [6, 6.07) is 7.75. The van der Waals surface area contributed by atoms with Gasteiger partial charge in [-0.25, -0.2) is 0 Å². The van der Waals surface area contributed by atoms with Crippen LogP contribution in [0.4, 0.5) is 0 Å². The van der Waals surface area contributed by atoms with Gasteiger partial charge in [-0.1, -0.05) is 6.07 Å². The number of hydrogen-bond donors (Lipinski definition) is 0. The number of amides is 1. The van der Waals surface area contributed by atoms with E-state index in [4.69, 9.17) is 9.47 Å². The van der Waals surface area contributed by atoms with Crippen molar-refractivity contribution >= 4 is 5.91 Å². The number of methoxy groups -OCH3 is 2. The van der Waals surface area contributed by atoms with Crippen molar-refractivity contribution in [2.24, 2.45) is 7.05 Å². The first-order valence-corrected chi connectivity index (χ1v) is 8.08. The summed E-state index contributed by atoms with van der Waals surface area (Å²) < 4.78 is 12.3. The highest BCUT2D eigenvalue weighted by atomic mass is 16.5. The molecule has 1 amide bonds. The number of rotatable bonds is 4. The van der Waals surface area contributed by atoms with Crippen LogP contribution in [0, 0.1) is 6.92 Å². The van der Waals surface area contributed by atoms with Crippen molar-refractivity contribution in [1.82, 2.24) is 14.7 Å². The van der Waals surface area contributed by atoms with Gasteiger partial charge in [-0.3, -0.25) is 9.48 Å². The van der Waals surface area contributed by atoms with Crippen molar-refractivity contribution in [3.05, 3.63) is 41.2 Å². The topological polar surface area (TPSA) is 56.6 Å². The molecule has 3 rings (SSSR count). The summed E-state index contributed by atoms with van der Waals surface area (Å²) in [4.78, 5) is 14.9. The number of ether oxygens (including phenoxy) is 2. The molecule has 1 fully saturated rings. The number of likely N-dealkylation sites (tertiary alicyclic amines) is 1. The van der Waals surface area contributed by atoms with Crippen LogP contribution in [0.25, 0.3) is 0 Å². The van der Waals surface area contributed by atoms with Crippen molar-refractivity contribution in [3.8, 4) is 11.5 Å². The van der Waals surface area contributed by atoms with Crippen LogP contribution in [-0.4, -0.2) is 41.4 Å². The van der Waals surface area contributed by atoms with Crippen molar-refractivity contribution in [2.45, 2.75) is 25.8 Å². The van der Waals surface area contributed by atoms with Gasteiger partial charge in [0.25, 0.3) is 5.91 Å². The molecule has 0 spiro atoms. The highest BCUT2D eigenvalue weighted by Gasteiger charge is 2.32. The van der Waals surface area contributed by atoms with E-state index >= 15 is 0 Å². The number of carbonyl (C=O) groups excluding carboxylic acids is 1. The van der Waals surface area contributed by atoms with Gasteiger partial charge in [0.2, 0.25) is 0 Å². The second-order valence-electron chi connectivity index (χ2n) is 6.07. The molecule has 1 aromatic heterocycles. The van der Waals surface area contributed by atoms with Gasteiger partial charge in [0.05, 0.1) is 26.0 Å². The fourth-order valence-corrected chi connectivity index (χ4v) is 3.37. The van der Waals surface area contributed by atoms with Crippen LogP contribution in [-0.2, 0) is 7.05 Å². The third-order valence-corrected chi connectivity index (χ3v) is 4.53. The predicted molar refractivity (Wildman–Crippen MR) is 90.5 cm³/mol. The van der Waals surface area contributed by atoms with Gasteiger partial charge in [-0.2, -0.15) is 5.10 Å². The minimum atomic E-state index is 0.0235. The highest BCUT2D eigenvalue weighted by Crippen LogP contribution is 2.37. The summed E-state index contributed by atoms with van der Waals surface area (Å²) in [6.07, 6.45) is 1.93. The normalized spacial score (nSPS) is 17.2. The molecular weight excluding hydrogens is 306 g/mol. The van der Waals surface area contributed by atoms with Gasteiger partial charge in [0, 0.05) is 13.6 Å². The molecule has 128 valence electrons. The van der Waals surface area contributed by atoms with Gasteiger partial charge in [-0.15, -0.1) is 0 Å². The van der Waals surface area contributed by atoms with E-state index in [-0.39, 0.29) is 11.9 Å². The van der Waals surface area contributed by atoms with Crippen molar-refractivity contribution in [2.75, 3.05) is 20.8 Å². The SMILES string of the molecule is COc1ccc([C@@H]2CCCN2C(=O)c2cc(C)nn2C)cc1OC. The Kier molecular flexibility index (Phi) is 4.46. The van der Waals surface area contributed by atoms with E-state index in [1.54, 1.807) is 18.9 Å². The monoisotopic (exact) mass is 329 g/mol. The van der Waals surface area contributed by atoms with Crippen LogP contribution in [0.15, 0.2) is 24.3 Å². The van der Waals surface area contributed by atoms with Crippen LogP contribution in [0.3, 0.4) is 0 Å². The van der Waals surface area contributed by atoms with E-state index in [2.05, 4.69) is 5.10 Å². The predicted octanol–water partition coefficient (Wildman–Crippen LogP) is 2.72. The highest BCUT2D eigenvalue weighted by molar-refractivity contribution is 5.93. The molecule has 0 saturated carbocycles. The van der Waals surface area contributed by atoms with E-state index < -0.39 is 0 Å². The second-order valence-corrected chi connectivity index (χ2v) is 6.07. The zero-order valence-electron chi connectivity index (χ0n) is 14.6. The molecule has 1 aromatic carbocycles. The summed E-state index contributed by atoms with van der Waals surface area (Å²) in [5, 5.41) is 4.28. The number of nitrogens with zero attached hydrogens (tertiary/aromatic N) is 3. The van der Waals surface area contributed by atoms with E-state index in [0.717, 1.165) is 30.6 Å². The summed E-state index contributed by atoms with van der Waals surface area (Å²) in [6.45, 7) is 2.65. The maximum atomic E-state index is 13.0. The molecule has 1 aliphatic heterocycles. The summed E-state index contributed by atoms with van der Waals surface area (Å²) in [7, 11) is 5.05. The zero-order valence-corrected chi connectivity index (χ0v) is 14.6. The molecule has 1 aliphatic rings. The van der Waals surface area contributed by atoms with Crippen LogP contribution in [0.1, 0.15) is 40.6 Å². The van der Waals surface area contributed by atoms with Gasteiger partial charge < -0.3 is 14.4 Å². The average molecular weight is 329 g/mol. The molecule has 24 heavy (non-hydrogen) atoms. The minimum absolute atomic E-state index is 0.0235. The summed E-state index contributed by atoms with van der Waals surface area (Å²) in [5.41, 5.74) is 2.54. The first-order valence-electron chi connectivity index (χ1n) is 8.08. The first-order chi connectivity index (χ1) is 11.5. The van der Waals surface area contributed by atoms with Crippen LogP contribution >= 0.6 is 0 Å². The zero-order chi connectivity index (χ0) is 17.3. The Balaban J connectivity index is 1.91. The number of carbonyl (C=O) groups is 1. The lowest BCUT2D eigenvalue weighted by atomic mass is 10.0. The maximum Gasteiger partial charge on any atom is 0.272 e. The molecule has 2 heterocycles. The van der Waals surface area contributed by atoms with Gasteiger partial charge in [-0.05, 0) is 43.5 Å². The first kappa shape index (κ1) is 16.4. The van der Waals surface area contributed by atoms with Crippen LogP contribution in [0.2, 0.25) is 0 Å². The molecule has 1 saturated heterocycles. The van der Waals surface area contributed by atoms with E-state index in [0.29, 0.717) is 17.2 Å². The van der Waals surface area contributed by atoms with Crippen molar-refractivity contribution in [1.29, 1.82) is 0 Å². The Morgan fingerprint density at radius 1 is 1.21 bits per heavy atom. The molecule has 0 N–H and O–H groups in total. The fraction of sp³-hybridized carbons (Fsp3) is 0.444. The van der Waals surface area contributed by atoms with E-state index in [9.17, 15) is 4.79 Å². The lowest BCUT2D eigenvalue weighted by Crippen LogP contribution is -2.32. The van der Waals surface area contributed by atoms with Gasteiger partial charge in [0.15, 0.2) is 11.5 Å².